The fraction of sp³-hybridized carbons (Fsp3) is 0. The van der Waals surface area contributed by atoms with Crippen molar-refractivity contribution in [2.24, 2.45) is 0 Å². The molecule has 0 aliphatic heterocycles. The number of benzene rings is 13. The van der Waals surface area contributed by atoms with Crippen LogP contribution in [0.3, 0.4) is 0 Å². The number of rotatable bonds is 11. The monoisotopic (exact) mass is 998 g/mol. The smallest absolute Gasteiger partial charge is 0.0468 e. The van der Waals surface area contributed by atoms with Crippen LogP contribution in [0, 0.1) is 0 Å². The molecule has 0 aliphatic rings. The van der Waals surface area contributed by atoms with E-state index in [1.807, 2.05) is 11.3 Å². The first-order valence-corrected chi connectivity index (χ1v) is 27.1. The van der Waals surface area contributed by atoms with E-state index in [9.17, 15) is 0 Å². The largest absolute Gasteiger partial charge is 0.310 e. The van der Waals surface area contributed by atoms with E-state index in [4.69, 9.17) is 0 Å². The van der Waals surface area contributed by atoms with Crippen molar-refractivity contribution in [1.29, 1.82) is 0 Å². The first-order valence-electron chi connectivity index (χ1n) is 26.3. The first kappa shape index (κ1) is 45.8. The fourth-order valence-electron chi connectivity index (χ4n) is 11.5. The second-order valence-corrected chi connectivity index (χ2v) is 20.7. The SMILES string of the molecule is c1ccc(-c2ccc(-c3cccc(-c4ccc5c(-c6cccc7cc(N(c8ccccc8)c8ccccc8)ccc67)c6ccccc6c(-c6cccc7cc(N(c8ccccc8)c8ccccc8)ccc67)c5c4)c3)s2)cc1. The second-order valence-electron chi connectivity index (χ2n) is 19.6. The van der Waals surface area contributed by atoms with Crippen molar-refractivity contribution in [2.45, 2.75) is 0 Å². The highest BCUT2D eigenvalue weighted by molar-refractivity contribution is 7.18. The summed E-state index contributed by atoms with van der Waals surface area (Å²) in [6, 6.07) is 111. The molecule has 0 aliphatic carbocycles. The summed E-state index contributed by atoms with van der Waals surface area (Å²) >= 11 is 1.84. The van der Waals surface area contributed by atoms with Crippen molar-refractivity contribution in [3.05, 3.63) is 303 Å². The third kappa shape index (κ3) is 8.50. The average Bonchev–Trinajstić information content (AvgIpc) is 4.07. The fourth-order valence-corrected chi connectivity index (χ4v) is 12.5. The number of para-hydroxylation sites is 4. The number of nitrogens with zero attached hydrogens (tertiary/aromatic N) is 2. The summed E-state index contributed by atoms with van der Waals surface area (Å²) < 4.78 is 0. The molecule has 0 spiro atoms. The summed E-state index contributed by atoms with van der Waals surface area (Å²) in [7, 11) is 0. The molecule has 0 unspecified atom stereocenters. The highest BCUT2D eigenvalue weighted by Gasteiger charge is 2.22. The summed E-state index contributed by atoms with van der Waals surface area (Å²) in [6.45, 7) is 0. The van der Waals surface area contributed by atoms with Gasteiger partial charge in [-0.25, -0.2) is 0 Å². The van der Waals surface area contributed by atoms with Gasteiger partial charge in [-0.2, -0.15) is 0 Å². The Balaban J connectivity index is 0.978. The lowest BCUT2D eigenvalue weighted by molar-refractivity contribution is 1.29. The maximum Gasteiger partial charge on any atom is 0.0468 e. The number of hydrogen-bond donors (Lipinski definition) is 0. The van der Waals surface area contributed by atoms with Gasteiger partial charge in [0.1, 0.15) is 0 Å². The van der Waals surface area contributed by atoms with Gasteiger partial charge in [0.2, 0.25) is 0 Å². The van der Waals surface area contributed by atoms with Crippen LogP contribution in [0.2, 0.25) is 0 Å². The summed E-state index contributed by atoms with van der Waals surface area (Å²) in [5.41, 5.74) is 16.4. The minimum absolute atomic E-state index is 1.11. The molecule has 1 heterocycles. The molecule has 13 aromatic carbocycles. The molecular formula is C74H50N2S. The standard InChI is InChI=1S/C74H50N2S/c1-6-21-51(22-7-1)71-45-46-72(77-71)56-26-18-23-52(47-56)53-39-42-69-70(50-53)74(66-38-20-25-55-49-62(41-44-64(55)66)76(59-31-12-4-13-32-59)60-33-14-5-15-34-60)68-36-17-16-35-67(68)73(69)65-37-19-24-54-48-61(40-43-63(54)65)75(57-27-8-2-9-28-57)58-29-10-3-11-30-58/h1-50H. The molecule has 0 fully saturated rings. The Hall–Kier alpha value is -9.80. The van der Waals surface area contributed by atoms with Crippen molar-refractivity contribution in [3.8, 4) is 54.3 Å². The van der Waals surface area contributed by atoms with E-state index in [1.165, 1.54) is 97.4 Å². The van der Waals surface area contributed by atoms with Gasteiger partial charge in [0, 0.05) is 43.9 Å². The van der Waals surface area contributed by atoms with Crippen molar-refractivity contribution in [3.63, 3.8) is 0 Å². The molecule has 362 valence electrons. The van der Waals surface area contributed by atoms with Gasteiger partial charge in [-0.3, -0.25) is 0 Å². The highest BCUT2D eigenvalue weighted by atomic mass is 32.1. The molecule has 14 rings (SSSR count). The van der Waals surface area contributed by atoms with Gasteiger partial charge >= 0.3 is 0 Å². The van der Waals surface area contributed by atoms with E-state index in [1.54, 1.807) is 0 Å². The molecular weight excluding hydrogens is 949 g/mol. The van der Waals surface area contributed by atoms with Gasteiger partial charge in [0.25, 0.3) is 0 Å². The maximum absolute atomic E-state index is 2.46. The van der Waals surface area contributed by atoms with Gasteiger partial charge in [0.15, 0.2) is 0 Å². The third-order valence-corrected chi connectivity index (χ3v) is 16.2. The molecule has 77 heavy (non-hydrogen) atoms. The number of thiophene rings is 1. The summed E-state index contributed by atoms with van der Waals surface area (Å²) in [5, 5.41) is 9.63. The number of hydrogen-bond acceptors (Lipinski definition) is 3. The minimum Gasteiger partial charge on any atom is -0.310 e. The lowest BCUT2D eigenvalue weighted by Crippen LogP contribution is -2.09. The van der Waals surface area contributed by atoms with Crippen molar-refractivity contribution in [2.75, 3.05) is 9.80 Å². The van der Waals surface area contributed by atoms with Gasteiger partial charge in [-0.15, -0.1) is 11.3 Å². The van der Waals surface area contributed by atoms with Gasteiger partial charge in [-0.1, -0.05) is 206 Å². The summed E-state index contributed by atoms with van der Waals surface area (Å²) in [6.07, 6.45) is 0. The Morgan fingerprint density at radius 3 is 1.09 bits per heavy atom. The van der Waals surface area contributed by atoms with Crippen LogP contribution in [0.5, 0.6) is 0 Å². The zero-order valence-corrected chi connectivity index (χ0v) is 43.0. The Labute approximate surface area is 453 Å². The number of anilines is 6. The predicted octanol–water partition coefficient (Wildman–Crippen LogP) is 21.6. The van der Waals surface area contributed by atoms with E-state index in [2.05, 4.69) is 313 Å². The van der Waals surface area contributed by atoms with E-state index >= 15 is 0 Å². The van der Waals surface area contributed by atoms with Crippen molar-refractivity contribution in [1.82, 2.24) is 0 Å². The zero-order chi connectivity index (χ0) is 51.1. The van der Waals surface area contributed by atoms with Crippen LogP contribution in [-0.4, -0.2) is 0 Å². The van der Waals surface area contributed by atoms with E-state index in [0.717, 1.165) is 34.1 Å². The molecule has 0 amide bonds. The third-order valence-electron chi connectivity index (χ3n) is 15.0. The molecule has 0 atom stereocenters. The van der Waals surface area contributed by atoms with Crippen molar-refractivity contribution < 1.29 is 0 Å². The van der Waals surface area contributed by atoms with E-state index < -0.39 is 0 Å². The normalized spacial score (nSPS) is 11.4. The lowest BCUT2D eigenvalue weighted by Gasteiger charge is -2.26. The van der Waals surface area contributed by atoms with Crippen LogP contribution in [-0.2, 0) is 0 Å². The molecule has 0 saturated heterocycles. The first-order chi connectivity index (χ1) is 38.2. The van der Waals surface area contributed by atoms with Gasteiger partial charge < -0.3 is 9.80 Å². The topological polar surface area (TPSA) is 6.48 Å². The molecule has 0 radical (unpaired) electrons. The Morgan fingerprint density at radius 2 is 0.584 bits per heavy atom. The molecule has 0 saturated carbocycles. The molecule has 0 bridgehead atoms. The zero-order valence-electron chi connectivity index (χ0n) is 42.2. The van der Waals surface area contributed by atoms with Gasteiger partial charge in [-0.05, 0) is 185 Å². The molecule has 3 heteroatoms. The molecule has 1 aromatic heterocycles. The minimum atomic E-state index is 1.11. The second kappa shape index (κ2) is 19.8. The summed E-state index contributed by atoms with van der Waals surface area (Å²) in [5.74, 6) is 0. The van der Waals surface area contributed by atoms with Crippen LogP contribution in [0.1, 0.15) is 0 Å². The average molecular weight is 999 g/mol. The summed E-state index contributed by atoms with van der Waals surface area (Å²) in [4.78, 5) is 7.21. The molecule has 14 aromatic rings. The Bertz CT molecular complexity index is 4360. The Morgan fingerprint density at radius 1 is 0.208 bits per heavy atom. The number of fused-ring (bicyclic) bond motifs is 4. The van der Waals surface area contributed by atoms with Crippen LogP contribution in [0.25, 0.3) is 97.4 Å². The van der Waals surface area contributed by atoms with Crippen LogP contribution >= 0.6 is 11.3 Å². The van der Waals surface area contributed by atoms with Crippen LogP contribution in [0.4, 0.5) is 34.1 Å². The lowest BCUT2D eigenvalue weighted by atomic mass is 9.82. The molecule has 2 nitrogen and oxygen atoms in total. The molecule has 0 N–H and O–H groups in total. The van der Waals surface area contributed by atoms with Crippen LogP contribution in [0.15, 0.2) is 303 Å². The quantitative estimate of drug-likeness (QED) is 0.119. The maximum atomic E-state index is 2.46. The van der Waals surface area contributed by atoms with Gasteiger partial charge in [0.05, 0.1) is 0 Å². The predicted molar refractivity (Wildman–Crippen MR) is 331 cm³/mol. The Kier molecular flexibility index (Phi) is 11.8. The highest BCUT2D eigenvalue weighted by Crippen LogP contribution is 2.49. The van der Waals surface area contributed by atoms with E-state index in [0.29, 0.717) is 0 Å². The van der Waals surface area contributed by atoms with E-state index in [-0.39, 0.29) is 0 Å². The van der Waals surface area contributed by atoms with Crippen LogP contribution < -0.4 is 9.80 Å². The van der Waals surface area contributed by atoms with Crippen molar-refractivity contribution >= 4 is 88.6 Å².